The second-order valence-corrected chi connectivity index (χ2v) is 2.89. The van der Waals surface area contributed by atoms with Gasteiger partial charge in [0.1, 0.15) is 11.9 Å². The van der Waals surface area contributed by atoms with Crippen LogP contribution < -0.4 is 0 Å². The zero-order valence-electron chi connectivity index (χ0n) is 7.21. The molecule has 7 heteroatoms. The molecule has 0 unspecified atom stereocenters. The van der Waals surface area contributed by atoms with E-state index in [1.54, 1.807) is 4.68 Å². The maximum Gasteiger partial charge on any atom is 0.407 e. The van der Waals surface area contributed by atoms with E-state index < -0.39 is 6.09 Å². The summed E-state index contributed by atoms with van der Waals surface area (Å²) in [4.78, 5) is 15.8. The summed E-state index contributed by atoms with van der Waals surface area (Å²) in [7, 11) is 0. The van der Waals surface area contributed by atoms with Crippen LogP contribution in [0.1, 0.15) is 11.6 Å². The van der Waals surface area contributed by atoms with Crippen molar-refractivity contribution >= 4 is 6.09 Å². The first kappa shape index (κ1) is 8.50. The summed E-state index contributed by atoms with van der Waals surface area (Å²) in [6.45, 7) is 1.04. The van der Waals surface area contributed by atoms with Crippen LogP contribution in [-0.4, -0.2) is 37.4 Å². The van der Waals surface area contributed by atoms with Gasteiger partial charge in [0, 0.05) is 6.54 Å². The summed E-state index contributed by atoms with van der Waals surface area (Å²) in [6.07, 6.45) is -0.974. The fourth-order valence-electron chi connectivity index (χ4n) is 1.35. The van der Waals surface area contributed by atoms with Crippen molar-refractivity contribution in [2.45, 2.75) is 13.1 Å². The van der Waals surface area contributed by atoms with Gasteiger partial charge in [0.25, 0.3) is 5.82 Å². The van der Waals surface area contributed by atoms with Crippen LogP contribution in [0.25, 0.3) is 0 Å². The minimum absolute atomic E-state index is 0.0900. The molecule has 7 nitrogen and oxygen atoms in total. The molecule has 1 aromatic heterocycles. The molecule has 14 heavy (non-hydrogen) atoms. The first-order chi connectivity index (χ1) is 6.70. The average Bonchev–Trinajstić information content (AvgIpc) is 2.58. The normalized spacial score (nSPS) is 14.6. The first-order valence-corrected chi connectivity index (χ1v) is 4.02. The van der Waals surface area contributed by atoms with Gasteiger partial charge in [0.15, 0.2) is 0 Å². The molecular formula is C7H7N5O2. The number of fused-ring (bicyclic) bond motifs is 1. The fourth-order valence-corrected chi connectivity index (χ4v) is 1.35. The Labute approximate surface area is 79.2 Å². The van der Waals surface area contributed by atoms with Gasteiger partial charge in [-0.05, 0) is 0 Å². The molecule has 72 valence electrons. The van der Waals surface area contributed by atoms with Gasteiger partial charge in [-0.2, -0.15) is 5.26 Å². The van der Waals surface area contributed by atoms with Gasteiger partial charge in [-0.25, -0.2) is 14.5 Å². The van der Waals surface area contributed by atoms with Gasteiger partial charge in [-0.3, -0.25) is 4.90 Å². The van der Waals surface area contributed by atoms with Gasteiger partial charge < -0.3 is 5.11 Å². The predicted molar refractivity (Wildman–Crippen MR) is 43.2 cm³/mol. The molecular weight excluding hydrogens is 186 g/mol. The largest absolute Gasteiger partial charge is 0.465 e. The molecule has 2 heterocycles. The highest BCUT2D eigenvalue weighted by Gasteiger charge is 2.22. The van der Waals surface area contributed by atoms with Crippen molar-refractivity contribution in [2.24, 2.45) is 0 Å². The minimum atomic E-state index is -0.974. The van der Waals surface area contributed by atoms with Crippen molar-refractivity contribution in [2.75, 3.05) is 6.54 Å². The van der Waals surface area contributed by atoms with Crippen molar-refractivity contribution < 1.29 is 9.90 Å². The molecule has 0 radical (unpaired) electrons. The topological polar surface area (TPSA) is 95.0 Å². The van der Waals surface area contributed by atoms with Crippen LogP contribution >= 0.6 is 0 Å². The summed E-state index contributed by atoms with van der Waals surface area (Å²) < 4.78 is 1.57. The average molecular weight is 193 g/mol. The number of carboxylic acid groups (broad SMARTS) is 1. The highest BCUT2D eigenvalue weighted by molar-refractivity contribution is 5.64. The number of rotatable bonds is 0. The van der Waals surface area contributed by atoms with Crippen molar-refractivity contribution in [3.63, 3.8) is 0 Å². The van der Waals surface area contributed by atoms with Crippen LogP contribution in [0.2, 0.25) is 0 Å². The smallest absolute Gasteiger partial charge is 0.407 e. The molecule has 0 aliphatic carbocycles. The Morgan fingerprint density at radius 1 is 1.57 bits per heavy atom. The summed E-state index contributed by atoms with van der Waals surface area (Å²) in [5, 5.41) is 21.2. The summed E-state index contributed by atoms with van der Waals surface area (Å²) >= 11 is 0. The van der Waals surface area contributed by atoms with Crippen molar-refractivity contribution in [1.82, 2.24) is 19.7 Å². The molecule has 1 aliphatic rings. The molecule has 1 aliphatic heterocycles. The Morgan fingerprint density at radius 3 is 3.00 bits per heavy atom. The molecule has 1 amide bonds. The molecule has 1 N–H and O–H groups in total. The van der Waals surface area contributed by atoms with E-state index in [0.29, 0.717) is 18.9 Å². The number of carbonyl (C=O) groups is 1. The Kier molecular flexibility index (Phi) is 1.81. The maximum absolute atomic E-state index is 10.6. The number of amides is 1. The number of hydrogen-bond donors (Lipinski definition) is 1. The van der Waals surface area contributed by atoms with Crippen molar-refractivity contribution in [3.05, 3.63) is 11.6 Å². The summed E-state index contributed by atoms with van der Waals surface area (Å²) in [6, 6.07) is 1.82. The lowest BCUT2D eigenvalue weighted by Crippen LogP contribution is -2.37. The van der Waals surface area contributed by atoms with Gasteiger partial charge in [0.05, 0.1) is 13.1 Å². The second kappa shape index (κ2) is 2.99. The maximum atomic E-state index is 10.6. The quantitative estimate of drug-likeness (QED) is 0.607. The van der Waals surface area contributed by atoms with Crippen LogP contribution in [0.15, 0.2) is 0 Å². The van der Waals surface area contributed by atoms with E-state index in [-0.39, 0.29) is 12.4 Å². The third-order valence-electron chi connectivity index (χ3n) is 2.03. The van der Waals surface area contributed by atoms with E-state index in [0.717, 1.165) is 0 Å². The molecule has 2 rings (SSSR count). The Balaban J connectivity index is 2.26. The standard InChI is InChI=1S/C7H7N5O2/c8-3-5-9-6-4-11(7(13)14)1-2-12(6)10-5/h1-2,4H2,(H,13,14). The lowest BCUT2D eigenvalue weighted by molar-refractivity contribution is 0.130. The zero-order chi connectivity index (χ0) is 10.1. The molecule has 0 spiro atoms. The predicted octanol–water partition coefficient (Wildman–Crippen LogP) is -0.357. The van der Waals surface area contributed by atoms with Crippen LogP contribution in [0, 0.1) is 11.3 Å². The molecule has 0 saturated heterocycles. The second-order valence-electron chi connectivity index (χ2n) is 2.89. The Bertz CT molecular complexity index is 418. The summed E-state index contributed by atoms with van der Waals surface area (Å²) in [5.41, 5.74) is 0. The van der Waals surface area contributed by atoms with E-state index in [1.807, 2.05) is 6.07 Å². The van der Waals surface area contributed by atoms with Gasteiger partial charge in [-0.1, -0.05) is 0 Å². The van der Waals surface area contributed by atoms with E-state index in [9.17, 15) is 4.79 Å². The Morgan fingerprint density at radius 2 is 2.36 bits per heavy atom. The zero-order valence-corrected chi connectivity index (χ0v) is 7.21. The van der Waals surface area contributed by atoms with E-state index in [4.69, 9.17) is 10.4 Å². The Hall–Kier alpha value is -2.10. The minimum Gasteiger partial charge on any atom is -0.465 e. The monoisotopic (exact) mass is 193 g/mol. The lowest BCUT2D eigenvalue weighted by Gasteiger charge is -2.23. The highest BCUT2D eigenvalue weighted by atomic mass is 16.4. The molecule has 1 aromatic rings. The third-order valence-corrected chi connectivity index (χ3v) is 2.03. The van der Waals surface area contributed by atoms with Gasteiger partial charge >= 0.3 is 6.09 Å². The third kappa shape index (κ3) is 1.26. The van der Waals surface area contributed by atoms with E-state index >= 15 is 0 Å². The first-order valence-electron chi connectivity index (χ1n) is 4.02. The van der Waals surface area contributed by atoms with Crippen LogP contribution in [0.3, 0.4) is 0 Å². The SMILES string of the molecule is N#Cc1nc2n(n1)CCN(C(=O)O)C2. The summed E-state index contributed by atoms with van der Waals surface area (Å²) in [5.74, 6) is 0.613. The van der Waals surface area contributed by atoms with E-state index in [1.165, 1.54) is 4.90 Å². The molecule has 0 aromatic carbocycles. The fraction of sp³-hybridized carbons (Fsp3) is 0.429. The van der Waals surface area contributed by atoms with Crippen molar-refractivity contribution in [1.29, 1.82) is 5.26 Å². The molecule has 0 bridgehead atoms. The van der Waals surface area contributed by atoms with Crippen molar-refractivity contribution in [3.8, 4) is 6.07 Å². The van der Waals surface area contributed by atoms with Crippen LogP contribution in [-0.2, 0) is 13.1 Å². The number of nitrogens with zero attached hydrogens (tertiary/aromatic N) is 5. The van der Waals surface area contributed by atoms with Gasteiger partial charge in [-0.15, -0.1) is 5.10 Å². The molecule has 0 atom stereocenters. The number of hydrogen-bond acceptors (Lipinski definition) is 4. The number of aromatic nitrogens is 3. The van der Waals surface area contributed by atoms with E-state index in [2.05, 4.69) is 10.1 Å². The van der Waals surface area contributed by atoms with Crippen LogP contribution in [0.4, 0.5) is 4.79 Å². The highest BCUT2D eigenvalue weighted by Crippen LogP contribution is 2.09. The lowest BCUT2D eigenvalue weighted by atomic mass is 10.4. The number of nitriles is 1. The van der Waals surface area contributed by atoms with Gasteiger partial charge in [0.2, 0.25) is 0 Å². The van der Waals surface area contributed by atoms with Crippen LogP contribution in [0.5, 0.6) is 0 Å². The molecule has 0 fully saturated rings. The molecule has 0 saturated carbocycles.